The summed E-state index contributed by atoms with van der Waals surface area (Å²) in [6, 6.07) is 71.2. The van der Waals surface area contributed by atoms with Gasteiger partial charge in [-0.15, -0.1) is 0 Å². The summed E-state index contributed by atoms with van der Waals surface area (Å²) in [5.74, 6) is 0. The van der Waals surface area contributed by atoms with Crippen molar-refractivity contribution >= 4 is 27.1 Å². The van der Waals surface area contributed by atoms with Crippen molar-refractivity contribution in [1.29, 1.82) is 0 Å². The van der Waals surface area contributed by atoms with Crippen molar-refractivity contribution in [2.24, 2.45) is 0 Å². The number of hydrogen-bond acceptors (Lipinski definition) is 0. The summed E-state index contributed by atoms with van der Waals surface area (Å²) in [4.78, 5) is 0. The first-order valence-electron chi connectivity index (χ1n) is 19.2. The Kier molecular flexibility index (Phi) is 8.39. The first kappa shape index (κ1) is 32.7. The fourth-order valence-electron chi connectivity index (χ4n) is 8.25. The molecule has 0 aliphatic heterocycles. The van der Waals surface area contributed by atoms with Crippen LogP contribution < -0.4 is 0 Å². The minimum atomic E-state index is 1.09. The van der Waals surface area contributed by atoms with E-state index in [4.69, 9.17) is 0 Å². The second-order valence-corrected chi connectivity index (χ2v) is 14.4. The molecule has 1 aliphatic carbocycles. The minimum absolute atomic E-state index is 1.09. The average Bonchev–Trinajstić information content (AvgIpc) is 3.71. The van der Waals surface area contributed by atoms with Gasteiger partial charge in [0.15, 0.2) is 0 Å². The summed E-state index contributed by atoms with van der Waals surface area (Å²) < 4.78 is 2.50. The fraction of sp³-hybridized carbons (Fsp3) is 0.0370. The van der Waals surface area contributed by atoms with Crippen LogP contribution in [0.5, 0.6) is 0 Å². The summed E-state index contributed by atoms with van der Waals surface area (Å²) >= 11 is 0. The van der Waals surface area contributed by atoms with E-state index in [9.17, 15) is 0 Å². The van der Waals surface area contributed by atoms with E-state index < -0.39 is 0 Å². The van der Waals surface area contributed by atoms with E-state index >= 15 is 0 Å². The molecule has 1 heterocycles. The van der Waals surface area contributed by atoms with Crippen LogP contribution in [0.1, 0.15) is 18.4 Å². The van der Waals surface area contributed by atoms with Crippen molar-refractivity contribution in [2.75, 3.05) is 0 Å². The highest BCUT2D eigenvalue weighted by Crippen LogP contribution is 2.42. The zero-order chi connectivity index (χ0) is 36.6. The molecule has 1 aliphatic rings. The highest BCUT2D eigenvalue weighted by atomic mass is 15.0. The minimum Gasteiger partial charge on any atom is -0.308 e. The van der Waals surface area contributed by atoms with Crippen LogP contribution in [0, 0.1) is 0 Å². The predicted octanol–water partition coefficient (Wildman–Crippen LogP) is 14.9. The molecule has 0 unspecified atom stereocenters. The molecule has 260 valence electrons. The van der Waals surface area contributed by atoms with Crippen LogP contribution in [0.2, 0.25) is 0 Å². The zero-order valence-electron chi connectivity index (χ0n) is 30.6. The third kappa shape index (κ3) is 6.20. The first-order valence-corrected chi connectivity index (χ1v) is 19.2. The van der Waals surface area contributed by atoms with Gasteiger partial charge >= 0.3 is 0 Å². The molecule has 0 fully saturated rings. The van der Waals surface area contributed by atoms with Gasteiger partial charge in [0.2, 0.25) is 0 Å². The molecule has 0 radical (unpaired) electrons. The molecule has 0 N–H and O–H groups in total. The van der Waals surface area contributed by atoms with E-state index in [0.29, 0.717) is 0 Å². The molecule has 1 nitrogen and oxygen atoms in total. The Morgan fingerprint density at radius 2 is 0.836 bits per heavy atom. The van der Waals surface area contributed by atoms with Crippen molar-refractivity contribution in [2.45, 2.75) is 12.8 Å². The summed E-state index contributed by atoms with van der Waals surface area (Å²) in [5, 5.41) is 4.86. The van der Waals surface area contributed by atoms with Gasteiger partial charge in [-0.2, -0.15) is 0 Å². The van der Waals surface area contributed by atoms with Crippen molar-refractivity contribution < 1.29 is 0 Å². The molecule has 10 rings (SSSR count). The number of nitrogens with zero attached hydrogens (tertiary/aromatic N) is 1. The molecule has 8 aromatic carbocycles. The molecule has 55 heavy (non-hydrogen) atoms. The van der Waals surface area contributed by atoms with Gasteiger partial charge in [-0.1, -0.05) is 182 Å². The lowest BCUT2D eigenvalue weighted by Gasteiger charge is -2.20. The molecule has 9 aromatic rings. The number of aromatic nitrogens is 1. The van der Waals surface area contributed by atoms with E-state index in [1.165, 1.54) is 82.9 Å². The molecule has 0 amide bonds. The van der Waals surface area contributed by atoms with Crippen molar-refractivity contribution in [3.05, 3.63) is 218 Å². The Balaban J connectivity index is 1.19. The molecule has 0 atom stereocenters. The second kappa shape index (κ2) is 14.1. The highest BCUT2D eigenvalue weighted by molar-refractivity contribution is 6.10. The van der Waals surface area contributed by atoms with Gasteiger partial charge in [0.25, 0.3) is 0 Å². The normalized spacial score (nSPS) is 12.6. The maximum absolute atomic E-state index is 2.50. The van der Waals surface area contributed by atoms with Gasteiger partial charge in [0.1, 0.15) is 0 Å². The van der Waals surface area contributed by atoms with Crippen molar-refractivity contribution in [1.82, 2.24) is 4.57 Å². The van der Waals surface area contributed by atoms with E-state index in [0.717, 1.165) is 24.2 Å². The van der Waals surface area contributed by atoms with Crippen LogP contribution in [0.4, 0.5) is 0 Å². The number of rotatable bonds is 7. The van der Waals surface area contributed by atoms with Crippen LogP contribution in [0.25, 0.3) is 88.7 Å². The number of benzene rings is 8. The van der Waals surface area contributed by atoms with E-state index in [1.807, 2.05) is 0 Å². The van der Waals surface area contributed by atoms with Crippen LogP contribution >= 0.6 is 0 Å². The topological polar surface area (TPSA) is 4.93 Å². The Hall–Kier alpha value is -6.96. The summed E-state index contributed by atoms with van der Waals surface area (Å²) in [6.45, 7) is 0. The monoisotopic (exact) mass is 701 g/mol. The van der Waals surface area contributed by atoms with Crippen LogP contribution in [-0.2, 0) is 0 Å². The number of fused-ring (bicyclic) bond motifs is 2. The lowest BCUT2D eigenvalue weighted by atomic mass is 9.92. The fourth-order valence-corrected chi connectivity index (χ4v) is 8.25. The van der Waals surface area contributed by atoms with E-state index in [-0.39, 0.29) is 0 Å². The van der Waals surface area contributed by atoms with Gasteiger partial charge in [-0.3, -0.25) is 0 Å². The van der Waals surface area contributed by atoms with E-state index in [2.05, 4.69) is 217 Å². The molecule has 0 saturated heterocycles. The third-order valence-electron chi connectivity index (χ3n) is 11.1. The third-order valence-corrected chi connectivity index (χ3v) is 11.1. The maximum atomic E-state index is 2.50. The van der Waals surface area contributed by atoms with Gasteiger partial charge in [0.05, 0.1) is 17.1 Å². The number of hydrogen-bond donors (Lipinski definition) is 0. The Morgan fingerprint density at radius 1 is 0.345 bits per heavy atom. The van der Waals surface area contributed by atoms with Crippen LogP contribution in [-0.4, -0.2) is 4.57 Å². The van der Waals surface area contributed by atoms with Gasteiger partial charge in [-0.25, -0.2) is 0 Å². The molecule has 1 heteroatoms. The average molecular weight is 702 g/mol. The maximum Gasteiger partial charge on any atom is 0.0619 e. The zero-order valence-corrected chi connectivity index (χ0v) is 30.6. The van der Waals surface area contributed by atoms with Gasteiger partial charge in [0, 0.05) is 10.8 Å². The van der Waals surface area contributed by atoms with Gasteiger partial charge < -0.3 is 4.57 Å². The van der Waals surface area contributed by atoms with Crippen molar-refractivity contribution in [3.63, 3.8) is 0 Å². The standard InChI is InChI=1S/C54H39N/c1-5-13-38(14-6-1)40-21-25-42(26-22-40)46-31-32-50-49(35-46)36-48-30-29-47(43-27-23-41(24-28-43)39-15-7-2-8-16-39)37-51(48)54(50)55-52(44-17-9-3-10-18-44)33-34-53(55)45-19-11-4-12-20-45/h1-5,7-13,15-37H,6,14H2. The molecule has 0 spiro atoms. The lowest BCUT2D eigenvalue weighted by Crippen LogP contribution is -2.02. The summed E-state index contributed by atoms with van der Waals surface area (Å²) in [6.07, 6.45) is 8.88. The lowest BCUT2D eigenvalue weighted by molar-refractivity contribution is 1.05. The first-order chi connectivity index (χ1) is 27.3. The second-order valence-electron chi connectivity index (χ2n) is 14.4. The van der Waals surface area contributed by atoms with Crippen LogP contribution in [0.15, 0.2) is 212 Å². The summed E-state index contributed by atoms with van der Waals surface area (Å²) in [7, 11) is 0. The summed E-state index contributed by atoms with van der Waals surface area (Å²) in [5.41, 5.74) is 15.9. The van der Waals surface area contributed by atoms with Gasteiger partial charge in [-0.05, 0) is 110 Å². The number of allylic oxidation sites excluding steroid dienone is 4. The largest absolute Gasteiger partial charge is 0.308 e. The van der Waals surface area contributed by atoms with Crippen LogP contribution in [0.3, 0.4) is 0 Å². The molecular formula is C54H39N. The van der Waals surface area contributed by atoms with Crippen molar-refractivity contribution in [3.8, 4) is 61.6 Å². The Labute approximate surface area is 322 Å². The molecule has 0 bridgehead atoms. The highest BCUT2D eigenvalue weighted by Gasteiger charge is 2.20. The molecular weight excluding hydrogens is 663 g/mol. The smallest absolute Gasteiger partial charge is 0.0619 e. The molecule has 1 aromatic heterocycles. The Morgan fingerprint density at radius 3 is 1.42 bits per heavy atom. The predicted molar refractivity (Wildman–Crippen MR) is 234 cm³/mol. The SMILES string of the molecule is C1=CCCC(c2ccc(-c3ccc4c(-n5c(-c6ccccc6)ccc5-c5ccccc5)c5cc(-c6ccc(-c7ccccc7)cc6)ccc5cc4c3)cc2)=C1. The Bertz CT molecular complexity index is 2800. The van der Waals surface area contributed by atoms with E-state index in [1.54, 1.807) is 0 Å². The quantitative estimate of drug-likeness (QED) is 0.146. The molecule has 0 saturated carbocycles.